The Morgan fingerprint density at radius 3 is 2.60 bits per heavy atom. The summed E-state index contributed by atoms with van der Waals surface area (Å²) in [5.74, 6) is 2.69. The number of hydrogen-bond donors (Lipinski definition) is 0. The quantitative estimate of drug-likeness (QED) is 0.754. The molecule has 0 bridgehead atoms. The molecule has 2 heterocycles. The average molecular weight is 333 g/mol. The van der Waals surface area contributed by atoms with E-state index in [9.17, 15) is 0 Å². The Kier molecular flexibility index (Phi) is 6.22. The zero-order valence-electron chi connectivity index (χ0n) is 15.1. The minimum Gasteiger partial charge on any atom is -0.298 e. The van der Waals surface area contributed by atoms with Gasteiger partial charge in [0.25, 0.3) is 0 Å². The largest absolute Gasteiger partial charge is 0.298 e. The summed E-state index contributed by atoms with van der Waals surface area (Å²) in [4.78, 5) is 9.30. The van der Waals surface area contributed by atoms with Crippen LogP contribution in [0.25, 0.3) is 0 Å². The number of likely N-dealkylation sites (tertiary alicyclic amines) is 1. The van der Waals surface area contributed by atoms with Gasteiger partial charge in [-0.25, -0.2) is 0 Å². The van der Waals surface area contributed by atoms with Crippen LogP contribution in [0.1, 0.15) is 36.5 Å². The molecule has 25 heavy (non-hydrogen) atoms. The number of hydrogen-bond acceptors (Lipinski definition) is 3. The van der Waals surface area contributed by atoms with Gasteiger partial charge in [0, 0.05) is 43.6 Å². The SMILES string of the molecule is C#Cc1ccc(CN2CCCC(N(CC)Cc3ccncc3)C2)cc1. The van der Waals surface area contributed by atoms with Gasteiger partial charge in [0.2, 0.25) is 0 Å². The van der Waals surface area contributed by atoms with Gasteiger partial charge in [0.1, 0.15) is 0 Å². The number of terminal acetylenes is 1. The molecule has 1 aromatic heterocycles. The van der Waals surface area contributed by atoms with Crippen molar-refractivity contribution in [3.05, 3.63) is 65.5 Å². The van der Waals surface area contributed by atoms with E-state index < -0.39 is 0 Å². The standard InChI is InChI=1S/C22H27N3/c1-3-19-7-9-20(10-8-19)16-24-15-5-6-22(18-24)25(4-2)17-21-11-13-23-14-12-21/h1,7-14,22H,4-6,15-18H2,2H3. The maximum Gasteiger partial charge on any atom is 0.0271 e. The summed E-state index contributed by atoms with van der Waals surface area (Å²) in [5.41, 5.74) is 3.64. The third-order valence-electron chi connectivity index (χ3n) is 5.07. The molecular weight excluding hydrogens is 306 g/mol. The van der Waals surface area contributed by atoms with Crippen LogP contribution in [-0.4, -0.2) is 40.5 Å². The van der Waals surface area contributed by atoms with E-state index in [4.69, 9.17) is 6.42 Å². The second kappa shape index (κ2) is 8.80. The molecule has 1 aromatic carbocycles. The smallest absolute Gasteiger partial charge is 0.0271 e. The molecule has 3 rings (SSSR count). The summed E-state index contributed by atoms with van der Waals surface area (Å²) < 4.78 is 0. The second-order valence-electron chi connectivity index (χ2n) is 6.79. The van der Waals surface area contributed by atoms with E-state index in [1.165, 1.54) is 30.5 Å². The van der Waals surface area contributed by atoms with Crippen LogP contribution >= 0.6 is 0 Å². The molecule has 0 radical (unpaired) electrons. The van der Waals surface area contributed by atoms with Gasteiger partial charge in [-0.2, -0.15) is 0 Å². The molecule has 2 aromatic rings. The minimum atomic E-state index is 0.622. The zero-order valence-corrected chi connectivity index (χ0v) is 15.1. The Balaban J connectivity index is 1.60. The fourth-order valence-electron chi connectivity index (χ4n) is 3.66. The van der Waals surface area contributed by atoms with Gasteiger partial charge in [0.15, 0.2) is 0 Å². The summed E-state index contributed by atoms with van der Waals surface area (Å²) in [6, 6.07) is 13.3. The van der Waals surface area contributed by atoms with Crippen molar-refractivity contribution in [2.24, 2.45) is 0 Å². The summed E-state index contributed by atoms with van der Waals surface area (Å²) in [7, 11) is 0. The van der Waals surface area contributed by atoms with E-state index in [0.29, 0.717) is 6.04 Å². The Morgan fingerprint density at radius 1 is 1.16 bits per heavy atom. The van der Waals surface area contributed by atoms with Crippen molar-refractivity contribution >= 4 is 0 Å². The normalized spacial score (nSPS) is 18.2. The molecule has 0 spiro atoms. The first-order valence-electron chi connectivity index (χ1n) is 9.19. The molecule has 0 aliphatic carbocycles. The third-order valence-corrected chi connectivity index (χ3v) is 5.07. The number of aromatic nitrogens is 1. The van der Waals surface area contributed by atoms with Crippen molar-refractivity contribution in [3.63, 3.8) is 0 Å². The summed E-state index contributed by atoms with van der Waals surface area (Å²) >= 11 is 0. The average Bonchev–Trinajstić information content (AvgIpc) is 2.68. The zero-order chi connectivity index (χ0) is 17.5. The number of likely N-dealkylation sites (N-methyl/N-ethyl adjacent to an activating group) is 1. The van der Waals surface area contributed by atoms with Gasteiger partial charge < -0.3 is 0 Å². The Hall–Kier alpha value is -2.15. The predicted octanol–water partition coefficient (Wildman–Crippen LogP) is 3.55. The van der Waals surface area contributed by atoms with Crippen LogP contribution in [0.2, 0.25) is 0 Å². The highest BCUT2D eigenvalue weighted by atomic mass is 15.2. The van der Waals surface area contributed by atoms with Crippen LogP contribution < -0.4 is 0 Å². The lowest BCUT2D eigenvalue weighted by Crippen LogP contribution is -2.47. The first kappa shape index (κ1) is 17.7. The van der Waals surface area contributed by atoms with E-state index >= 15 is 0 Å². The second-order valence-corrected chi connectivity index (χ2v) is 6.79. The van der Waals surface area contributed by atoms with Crippen LogP contribution in [0.4, 0.5) is 0 Å². The molecule has 1 aliphatic rings. The molecule has 0 amide bonds. The van der Waals surface area contributed by atoms with E-state index in [1.807, 2.05) is 24.5 Å². The first-order chi connectivity index (χ1) is 12.3. The Bertz CT molecular complexity index is 687. The number of benzene rings is 1. The van der Waals surface area contributed by atoms with Crippen molar-refractivity contribution in [1.82, 2.24) is 14.8 Å². The first-order valence-corrected chi connectivity index (χ1v) is 9.19. The molecule has 3 nitrogen and oxygen atoms in total. The van der Waals surface area contributed by atoms with Crippen molar-refractivity contribution in [2.45, 2.75) is 38.9 Å². The number of piperidine rings is 1. The van der Waals surface area contributed by atoms with Crippen LogP contribution in [0.5, 0.6) is 0 Å². The van der Waals surface area contributed by atoms with Crippen molar-refractivity contribution in [3.8, 4) is 12.3 Å². The van der Waals surface area contributed by atoms with Crippen molar-refractivity contribution in [2.75, 3.05) is 19.6 Å². The molecule has 0 N–H and O–H groups in total. The molecule has 1 atom stereocenters. The van der Waals surface area contributed by atoms with Gasteiger partial charge in [0.05, 0.1) is 0 Å². The van der Waals surface area contributed by atoms with Gasteiger partial charge in [-0.1, -0.05) is 25.0 Å². The summed E-state index contributed by atoms with van der Waals surface area (Å²) in [6.07, 6.45) is 11.8. The van der Waals surface area contributed by atoms with E-state index in [0.717, 1.165) is 31.7 Å². The number of pyridine rings is 1. The molecule has 1 unspecified atom stereocenters. The lowest BCUT2D eigenvalue weighted by Gasteiger charge is -2.39. The minimum absolute atomic E-state index is 0.622. The highest BCUT2D eigenvalue weighted by Gasteiger charge is 2.24. The topological polar surface area (TPSA) is 19.4 Å². The highest BCUT2D eigenvalue weighted by Crippen LogP contribution is 2.20. The lowest BCUT2D eigenvalue weighted by molar-refractivity contribution is 0.0917. The molecule has 130 valence electrons. The van der Waals surface area contributed by atoms with Gasteiger partial charge >= 0.3 is 0 Å². The molecule has 1 aliphatic heterocycles. The molecule has 0 saturated carbocycles. The Morgan fingerprint density at radius 2 is 1.92 bits per heavy atom. The number of nitrogens with zero attached hydrogens (tertiary/aromatic N) is 3. The maximum absolute atomic E-state index is 5.44. The highest BCUT2D eigenvalue weighted by molar-refractivity contribution is 5.34. The van der Waals surface area contributed by atoms with Crippen molar-refractivity contribution in [1.29, 1.82) is 0 Å². The molecular formula is C22H27N3. The van der Waals surface area contributed by atoms with Gasteiger partial charge in [-0.3, -0.25) is 14.8 Å². The van der Waals surface area contributed by atoms with E-state index in [2.05, 4.69) is 51.9 Å². The monoisotopic (exact) mass is 333 g/mol. The molecule has 1 fully saturated rings. The van der Waals surface area contributed by atoms with Gasteiger partial charge in [-0.05, 0) is 61.3 Å². The van der Waals surface area contributed by atoms with Crippen LogP contribution in [0.15, 0.2) is 48.8 Å². The molecule has 3 heteroatoms. The lowest BCUT2D eigenvalue weighted by atomic mass is 10.0. The predicted molar refractivity (Wildman–Crippen MR) is 103 cm³/mol. The van der Waals surface area contributed by atoms with E-state index in [-0.39, 0.29) is 0 Å². The van der Waals surface area contributed by atoms with Crippen LogP contribution in [0, 0.1) is 12.3 Å². The van der Waals surface area contributed by atoms with Gasteiger partial charge in [-0.15, -0.1) is 6.42 Å². The summed E-state index contributed by atoms with van der Waals surface area (Å²) in [5, 5.41) is 0. The maximum atomic E-state index is 5.44. The summed E-state index contributed by atoms with van der Waals surface area (Å²) in [6.45, 7) is 7.68. The van der Waals surface area contributed by atoms with Crippen molar-refractivity contribution < 1.29 is 0 Å². The van der Waals surface area contributed by atoms with Crippen LogP contribution in [0.3, 0.4) is 0 Å². The third kappa shape index (κ3) is 4.92. The number of rotatable bonds is 6. The fourth-order valence-corrected chi connectivity index (χ4v) is 3.66. The molecule has 1 saturated heterocycles. The van der Waals surface area contributed by atoms with Crippen LogP contribution in [-0.2, 0) is 13.1 Å². The fraction of sp³-hybridized carbons (Fsp3) is 0.409. The van der Waals surface area contributed by atoms with E-state index in [1.54, 1.807) is 0 Å². The Labute approximate surface area is 151 Å².